The number of nitrogens with one attached hydrogen (secondary N) is 2. The number of ether oxygens (including phenoxy) is 1. The third kappa shape index (κ3) is 4.60. The van der Waals surface area contributed by atoms with E-state index in [0.29, 0.717) is 11.3 Å². The van der Waals surface area contributed by atoms with E-state index in [1.165, 1.54) is 57.1 Å². The molecule has 0 aliphatic heterocycles. The van der Waals surface area contributed by atoms with Crippen molar-refractivity contribution in [2.45, 2.75) is 55.7 Å². The molecule has 2 amide bonds. The zero-order valence-corrected chi connectivity index (χ0v) is 22.0. The zero-order chi connectivity index (χ0) is 28.6. The van der Waals surface area contributed by atoms with Gasteiger partial charge in [0.15, 0.2) is 5.60 Å². The van der Waals surface area contributed by atoms with Crippen LogP contribution in [0.5, 0.6) is 11.5 Å². The molecule has 0 unspecified atom stereocenters. The molecular formula is C26H36N4O8. The lowest BCUT2D eigenvalue weighted by molar-refractivity contribution is -0.186. The Bertz CT molecular complexity index is 1180. The molecule has 1 aliphatic carbocycles. The highest BCUT2D eigenvalue weighted by Crippen LogP contribution is 2.49. The number of aryl methyl sites for hydroxylation is 1. The number of aromatic hydroxyl groups is 2. The summed E-state index contributed by atoms with van der Waals surface area (Å²) in [4.78, 5) is 26.9. The number of nitrogens with zero attached hydrogens (tertiary/aromatic N) is 1. The summed E-state index contributed by atoms with van der Waals surface area (Å²) in [6.07, 6.45) is -1.50. The Morgan fingerprint density at radius 1 is 1.16 bits per heavy atom. The first-order chi connectivity index (χ1) is 17.6. The summed E-state index contributed by atoms with van der Waals surface area (Å²) >= 11 is 0. The number of esters is 1. The lowest BCUT2D eigenvalue weighted by Gasteiger charge is -2.48. The highest BCUT2D eigenvalue weighted by molar-refractivity contribution is 5.94. The van der Waals surface area contributed by atoms with Crippen LogP contribution >= 0.6 is 0 Å². The van der Waals surface area contributed by atoms with Gasteiger partial charge >= 0.3 is 12.0 Å². The Hall–Kier alpha value is -3.58. The predicted molar refractivity (Wildman–Crippen MR) is 139 cm³/mol. The first-order valence-corrected chi connectivity index (χ1v) is 12.0. The monoisotopic (exact) mass is 532 g/mol. The van der Waals surface area contributed by atoms with Crippen molar-refractivity contribution in [3.8, 4) is 11.5 Å². The van der Waals surface area contributed by atoms with E-state index >= 15 is 0 Å². The number of phenolic OH excluding ortho intramolecular Hbond substituents is 2. The maximum Gasteiger partial charge on any atom is 0.342 e. The molecule has 1 saturated carbocycles. The predicted octanol–water partition coefficient (Wildman–Crippen LogP) is 0.258. The van der Waals surface area contributed by atoms with E-state index in [4.69, 9.17) is 10.5 Å². The van der Waals surface area contributed by atoms with Crippen LogP contribution in [-0.2, 0) is 4.74 Å². The van der Waals surface area contributed by atoms with E-state index in [-0.39, 0.29) is 17.1 Å². The number of urea groups is 1. The first-order valence-electron chi connectivity index (χ1n) is 12.0. The second kappa shape index (κ2) is 10.3. The summed E-state index contributed by atoms with van der Waals surface area (Å²) in [7, 11) is 2.90. The van der Waals surface area contributed by atoms with E-state index in [0.717, 1.165) is 0 Å². The van der Waals surface area contributed by atoms with Crippen LogP contribution in [0.2, 0.25) is 0 Å². The molecule has 0 saturated heterocycles. The van der Waals surface area contributed by atoms with Crippen LogP contribution in [-0.4, -0.2) is 98.1 Å². The molecule has 0 bridgehead atoms. The molecule has 9 N–H and O–H groups in total. The van der Waals surface area contributed by atoms with Gasteiger partial charge in [0.05, 0.1) is 18.2 Å². The number of anilines is 1. The summed E-state index contributed by atoms with van der Waals surface area (Å²) in [5.74, 6) is -1.40. The van der Waals surface area contributed by atoms with E-state index in [2.05, 4.69) is 10.6 Å². The van der Waals surface area contributed by atoms with Crippen LogP contribution in [0.1, 0.15) is 29.8 Å². The Morgan fingerprint density at radius 3 is 2.34 bits per heavy atom. The standard InChI is InChI=1S/C26H36N4O8/c1-14-8-6-11-18(33)19(14)22(34)38-13-25(37)21(28-16-9-7-10-17(32)12-16)20(27)26(15(2)31,24(25,3)36)29-23(35)30(4)5/h6-12,15,20-21,28,31-33,36-37H,13,27H2,1-5H3,(H,29,35)/t15-,20-,21-,24-,25+,26-/m0/s1. The van der Waals surface area contributed by atoms with Gasteiger partial charge in [-0.2, -0.15) is 0 Å². The lowest BCUT2D eigenvalue weighted by atomic mass is 9.73. The quantitative estimate of drug-likeness (QED) is 0.229. The van der Waals surface area contributed by atoms with Crippen molar-refractivity contribution in [1.29, 1.82) is 0 Å². The number of rotatable bonds is 7. The number of carbonyl (C=O) groups excluding carboxylic acids is 2. The number of hydrogen-bond donors (Lipinski definition) is 8. The minimum atomic E-state index is -2.41. The highest BCUT2D eigenvalue weighted by atomic mass is 16.5. The second-order valence-electron chi connectivity index (χ2n) is 10.1. The van der Waals surface area contributed by atoms with Crippen molar-refractivity contribution in [1.82, 2.24) is 10.2 Å². The van der Waals surface area contributed by atoms with Gasteiger partial charge in [0.25, 0.3) is 0 Å². The van der Waals surface area contributed by atoms with Crippen LogP contribution in [0, 0.1) is 6.92 Å². The van der Waals surface area contributed by atoms with Crippen molar-refractivity contribution in [3.05, 3.63) is 53.6 Å². The normalized spacial score (nSPS) is 29.4. The molecule has 0 heterocycles. The Morgan fingerprint density at radius 2 is 1.79 bits per heavy atom. The summed E-state index contributed by atoms with van der Waals surface area (Å²) in [5.41, 5.74) is 0.317. The Balaban J connectivity index is 2.11. The van der Waals surface area contributed by atoms with Gasteiger partial charge in [0, 0.05) is 25.8 Å². The molecule has 0 radical (unpaired) electrons. The minimum Gasteiger partial charge on any atom is -0.508 e. The number of benzene rings is 2. The molecule has 38 heavy (non-hydrogen) atoms. The number of hydrogen-bond acceptors (Lipinski definition) is 10. The number of phenols is 2. The van der Waals surface area contributed by atoms with Gasteiger partial charge < -0.3 is 51.5 Å². The van der Waals surface area contributed by atoms with Gasteiger partial charge in [-0.05, 0) is 44.5 Å². The number of amides is 2. The van der Waals surface area contributed by atoms with Gasteiger partial charge in [-0.3, -0.25) is 0 Å². The van der Waals surface area contributed by atoms with Crippen LogP contribution in [0.15, 0.2) is 42.5 Å². The van der Waals surface area contributed by atoms with Crippen LogP contribution in [0.25, 0.3) is 0 Å². The smallest absolute Gasteiger partial charge is 0.342 e. The summed E-state index contributed by atoms with van der Waals surface area (Å²) < 4.78 is 5.42. The zero-order valence-electron chi connectivity index (χ0n) is 22.0. The minimum absolute atomic E-state index is 0.0963. The van der Waals surface area contributed by atoms with Crippen molar-refractivity contribution >= 4 is 17.7 Å². The molecule has 12 heteroatoms. The van der Waals surface area contributed by atoms with E-state index in [1.807, 2.05) is 0 Å². The number of aliphatic hydroxyl groups is 3. The fourth-order valence-corrected chi connectivity index (χ4v) is 5.21. The van der Waals surface area contributed by atoms with Gasteiger partial charge in [-0.15, -0.1) is 0 Å². The van der Waals surface area contributed by atoms with Gasteiger partial charge in [0.2, 0.25) is 0 Å². The Kier molecular flexibility index (Phi) is 7.85. The van der Waals surface area contributed by atoms with E-state index in [1.54, 1.807) is 25.1 Å². The topological polar surface area (TPSA) is 198 Å². The Labute approximate surface area is 220 Å². The molecule has 2 aromatic rings. The van der Waals surface area contributed by atoms with E-state index in [9.17, 15) is 35.1 Å². The summed E-state index contributed by atoms with van der Waals surface area (Å²) in [6.45, 7) is 3.23. The average molecular weight is 533 g/mol. The van der Waals surface area contributed by atoms with Gasteiger partial charge in [0.1, 0.15) is 34.8 Å². The van der Waals surface area contributed by atoms with Gasteiger partial charge in [-0.25, -0.2) is 9.59 Å². The molecule has 0 spiro atoms. The molecule has 208 valence electrons. The second-order valence-corrected chi connectivity index (χ2v) is 10.1. The third-order valence-electron chi connectivity index (χ3n) is 7.47. The molecule has 6 atom stereocenters. The van der Waals surface area contributed by atoms with Gasteiger partial charge in [-0.1, -0.05) is 18.2 Å². The SMILES string of the molecule is Cc1cccc(O)c1C(=O)OC[C@@]1(O)[C@@H](Nc2cccc(O)c2)[C@H](N)[C@@](NC(=O)N(C)C)([C@H](C)O)[C@@]1(C)O. The van der Waals surface area contributed by atoms with E-state index < -0.39 is 53.5 Å². The third-order valence-corrected chi connectivity index (χ3v) is 7.47. The molecule has 0 aromatic heterocycles. The maximum absolute atomic E-state index is 13.0. The molecule has 2 aromatic carbocycles. The number of carbonyl (C=O) groups is 2. The average Bonchev–Trinajstić information content (AvgIpc) is 2.94. The first kappa shape index (κ1) is 29.0. The highest BCUT2D eigenvalue weighted by Gasteiger charge is 2.76. The molecule has 1 aliphatic rings. The number of aliphatic hydroxyl groups excluding tert-OH is 1. The van der Waals surface area contributed by atoms with Crippen molar-refractivity contribution in [2.24, 2.45) is 5.73 Å². The molecule has 1 fully saturated rings. The van der Waals surface area contributed by atoms with Crippen LogP contribution in [0.3, 0.4) is 0 Å². The van der Waals surface area contributed by atoms with Crippen LogP contribution in [0.4, 0.5) is 10.5 Å². The fraction of sp³-hybridized carbons (Fsp3) is 0.462. The largest absolute Gasteiger partial charge is 0.508 e. The van der Waals surface area contributed by atoms with Crippen LogP contribution < -0.4 is 16.4 Å². The molecule has 3 rings (SSSR count). The molecule has 12 nitrogen and oxygen atoms in total. The molecular weight excluding hydrogens is 496 g/mol. The van der Waals surface area contributed by atoms with Crippen molar-refractivity contribution in [2.75, 3.05) is 26.0 Å². The van der Waals surface area contributed by atoms with Crippen molar-refractivity contribution < 1.29 is 39.9 Å². The fourth-order valence-electron chi connectivity index (χ4n) is 5.21. The number of nitrogens with two attached hydrogens (primary N) is 1. The maximum atomic E-state index is 13.0. The summed E-state index contributed by atoms with van der Waals surface area (Å²) in [6, 6.07) is 6.92. The van der Waals surface area contributed by atoms with Crippen molar-refractivity contribution in [3.63, 3.8) is 0 Å². The lowest BCUT2D eigenvalue weighted by Crippen LogP contribution is -2.76. The summed E-state index contributed by atoms with van der Waals surface area (Å²) in [5, 5.41) is 60.6.